The van der Waals surface area contributed by atoms with Crippen LogP contribution in [-0.4, -0.2) is 37.2 Å². The smallest absolute Gasteiger partial charge is 0.306 e. The highest BCUT2D eigenvalue weighted by Gasteiger charge is 2.19. The van der Waals surface area contributed by atoms with Crippen LogP contribution in [0.3, 0.4) is 0 Å². The van der Waals surface area contributed by atoms with E-state index in [-0.39, 0.29) is 38.0 Å². The van der Waals surface area contributed by atoms with Crippen LogP contribution in [0.2, 0.25) is 0 Å². The number of hydrogen-bond acceptors (Lipinski definition) is 6. The van der Waals surface area contributed by atoms with Gasteiger partial charge < -0.3 is 14.2 Å². The molecule has 6 nitrogen and oxygen atoms in total. The fraction of sp³-hybridized carbons (Fsp3) is 0.554. The monoisotopic (exact) mass is 977 g/mol. The van der Waals surface area contributed by atoms with Crippen LogP contribution >= 0.6 is 0 Å². The summed E-state index contributed by atoms with van der Waals surface area (Å²) in [7, 11) is 0. The molecule has 0 amide bonds. The normalized spacial score (nSPS) is 13.3. The molecule has 1 atom stereocenters. The van der Waals surface area contributed by atoms with Gasteiger partial charge in [0.25, 0.3) is 0 Å². The summed E-state index contributed by atoms with van der Waals surface area (Å²) in [6, 6.07) is 0. The highest BCUT2D eigenvalue weighted by Crippen LogP contribution is 2.12. The minimum Gasteiger partial charge on any atom is -0.462 e. The third kappa shape index (κ3) is 55.8. The first kappa shape index (κ1) is 66.0. The van der Waals surface area contributed by atoms with Gasteiger partial charge in [0.05, 0.1) is 0 Å². The van der Waals surface area contributed by atoms with E-state index in [0.29, 0.717) is 19.3 Å². The first-order chi connectivity index (χ1) is 35.0. The Morgan fingerprint density at radius 2 is 0.592 bits per heavy atom. The van der Waals surface area contributed by atoms with Crippen molar-refractivity contribution in [2.75, 3.05) is 13.2 Å². The van der Waals surface area contributed by atoms with Gasteiger partial charge in [-0.05, 0) is 128 Å². The van der Waals surface area contributed by atoms with Gasteiger partial charge in [-0.2, -0.15) is 0 Å². The van der Waals surface area contributed by atoms with Crippen molar-refractivity contribution in [3.8, 4) is 0 Å². The molecule has 0 unspecified atom stereocenters. The molecule has 0 aliphatic heterocycles. The van der Waals surface area contributed by atoms with Crippen LogP contribution in [0.5, 0.6) is 0 Å². The predicted molar refractivity (Wildman–Crippen MR) is 306 cm³/mol. The lowest BCUT2D eigenvalue weighted by Gasteiger charge is -2.18. The quantitative estimate of drug-likeness (QED) is 0.0262. The van der Waals surface area contributed by atoms with Crippen LogP contribution in [0.25, 0.3) is 0 Å². The number of carbonyl (C=O) groups excluding carboxylic acids is 3. The summed E-state index contributed by atoms with van der Waals surface area (Å²) in [5.74, 6) is -1.10. The van der Waals surface area contributed by atoms with Crippen molar-refractivity contribution in [3.05, 3.63) is 158 Å². The molecule has 0 rings (SSSR count). The van der Waals surface area contributed by atoms with E-state index in [2.05, 4.69) is 167 Å². The van der Waals surface area contributed by atoms with Crippen LogP contribution in [0.4, 0.5) is 0 Å². The minimum absolute atomic E-state index is 0.137. The molecule has 0 radical (unpaired) electrons. The summed E-state index contributed by atoms with van der Waals surface area (Å²) in [5.41, 5.74) is 0. The van der Waals surface area contributed by atoms with Crippen LogP contribution in [-0.2, 0) is 28.6 Å². The minimum atomic E-state index is -0.853. The number of ether oxygens (including phenoxy) is 3. The highest BCUT2D eigenvalue weighted by atomic mass is 16.6. The summed E-state index contributed by atoms with van der Waals surface area (Å²) in [4.78, 5) is 38.1. The lowest BCUT2D eigenvalue weighted by molar-refractivity contribution is -0.166. The van der Waals surface area contributed by atoms with Gasteiger partial charge in [-0.1, -0.05) is 224 Å². The standard InChI is InChI=1S/C65H100O6/c1-4-7-10-13-16-19-22-25-28-31-32-35-38-41-44-47-50-53-56-59-65(68)71-62(60-69-63(66)57-54-51-48-45-42-39-36-33-29-26-23-20-17-14-11-8-5-2)61-70-64(67)58-55-52-49-46-43-40-37-34-30-27-24-21-18-15-12-9-6-3/h7-8,10-11,16-21,25-30,32,35-36,39,41,44-45,48,50,53,62H,4-6,9,12-15,22-24,31,33-34,37-38,40,42-43,46-47,49,51-52,54-61H2,1-3H3/b10-7-,11-8-,19-16-,20-17-,21-18-,28-25-,29-26-,30-27-,35-32-,39-36-,44-41-,48-45-,53-50-/t62-/m1/s1. The fourth-order valence-electron chi connectivity index (χ4n) is 6.89. The van der Waals surface area contributed by atoms with E-state index in [1.54, 1.807) is 0 Å². The van der Waals surface area contributed by atoms with Crippen molar-refractivity contribution in [2.45, 2.75) is 219 Å². The topological polar surface area (TPSA) is 78.9 Å². The van der Waals surface area contributed by atoms with E-state index in [4.69, 9.17) is 14.2 Å². The molecule has 0 saturated carbocycles. The third-order valence-electron chi connectivity index (χ3n) is 11.0. The molecule has 6 heteroatoms. The molecular formula is C65H100O6. The van der Waals surface area contributed by atoms with Crippen LogP contribution < -0.4 is 0 Å². The zero-order valence-corrected chi connectivity index (χ0v) is 45.2. The van der Waals surface area contributed by atoms with Crippen molar-refractivity contribution < 1.29 is 28.6 Å². The molecule has 0 bridgehead atoms. The number of unbranched alkanes of at least 4 members (excludes halogenated alkanes) is 11. The molecule has 0 aromatic heterocycles. The van der Waals surface area contributed by atoms with Gasteiger partial charge in [0.2, 0.25) is 0 Å². The van der Waals surface area contributed by atoms with Crippen molar-refractivity contribution in [1.29, 1.82) is 0 Å². The van der Waals surface area contributed by atoms with Crippen LogP contribution in [0.1, 0.15) is 213 Å². The molecule has 0 aromatic carbocycles. The Morgan fingerprint density at radius 3 is 0.972 bits per heavy atom. The average Bonchev–Trinajstić information content (AvgIpc) is 3.37. The summed E-state index contributed by atoms with van der Waals surface area (Å²) in [6.07, 6.45) is 83.9. The van der Waals surface area contributed by atoms with Gasteiger partial charge in [0, 0.05) is 19.3 Å². The molecule has 0 fully saturated rings. The van der Waals surface area contributed by atoms with Crippen LogP contribution in [0.15, 0.2) is 158 Å². The maximum Gasteiger partial charge on any atom is 0.306 e. The van der Waals surface area contributed by atoms with Crippen molar-refractivity contribution in [1.82, 2.24) is 0 Å². The Bertz CT molecular complexity index is 1640. The van der Waals surface area contributed by atoms with Gasteiger partial charge in [-0.3, -0.25) is 14.4 Å². The maximum absolute atomic E-state index is 12.8. The second-order valence-electron chi connectivity index (χ2n) is 17.7. The summed E-state index contributed by atoms with van der Waals surface area (Å²) in [6.45, 7) is 6.25. The van der Waals surface area contributed by atoms with E-state index in [0.717, 1.165) is 109 Å². The molecular weight excluding hydrogens is 877 g/mol. The van der Waals surface area contributed by atoms with Crippen molar-refractivity contribution in [2.24, 2.45) is 0 Å². The largest absolute Gasteiger partial charge is 0.462 e. The van der Waals surface area contributed by atoms with E-state index >= 15 is 0 Å². The third-order valence-corrected chi connectivity index (χ3v) is 11.0. The molecule has 396 valence electrons. The van der Waals surface area contributed by atoms with Gasteiger partial charge >= 0.3 is 17.9 Å². The zero-order valence-electron chi connectivity index (χ0n) is 45.2. The van der Waals surface area contributed by atoms with Gasteiger partial charge in [-0.15, -0.1) is 0 Å². The lowest BCUT2D eigenvalue weighted by Crippen LogP contribution is -2.30. The molecule has 0 aliphatic rings. The first-order valence-electron chi connectivity index (χ1n) is 28.0. The van der Waals surface area contributed by atoms with Gasteiger partial charge in [0.15, 0.2) is 6.10 Å². The zero-order chi connectivity index (χ0) is 51.4. The molecule has 0 spiro atoms. The molecule has 0 aromatic rings. The Balaban J connectivity index is 4.64. The maximum atomic E-state index is 12.8. The predicted octanol–water partition coefficient (Wildman–Crippen LogP) is 19.0. The Labute approximate surface area is 435 Å². The number of hydrogen-bond donors (Lipinski definition) is 0. The van der Waals surface area contributed by atoms with Crippen LogP contribution in [0, 0.1) is 0 Å². The number of rotatable bonds is 48. The Kier molecular flexibility index (Phi) is 53.6. The molecule has 0 heterocycles. The Morgan fingerprint density at radius 1 is 0.296 bits per heavy atom. The Hall–Kier alpha value is -4.97. The van der Waals surface area contributed by atoms with Crippen molar-refractivity contribution in [3.63, 3.8) is 0 Å². The van der Waals surface area contributed by atoms with E-state index < -0.39 is 12.1 Å². The molecule has 71 heavy (non-hydrogen) atoms. The van der Waals surface area contributed by atoms with E-state index in [1.165, 1.54) is 51.4 Å². The van der Waals surface area contributed by atoms with E-state index in [9.17, 15) is 14.4 Å². The second kappa shape index (κ2) is 57.6. The number of allylic oxidation sites excluding steroid dienone is 26. The van der Waals surface area contributed by atoms with Gasteiger partial charge in [-0.25, -0.2) is 0 Å². The first-order valence-corrected chi connectivity index (χ1v) is 28.0. The molecule has 0 N–H and O–H groups in total. The molecule has 0 saturated heterocycles. The number of carbonyl (C=O) groups is 3. The van der Waals surface area contributed by atoms with E-state index in [1.807, 2.05) is 12.2 Å². The van der Waals surface area contributed by atoms with Crippen molar-refractivity contribution >= 4 is 17.9 Å². The molecule has 0 aliphatic carbocycles. The fourth-order valence-corrected chi connectivity index (χ4v) is 6.89. The average molecular weight is 978 g/mol. The second-order valence-corrected chi connectivity index (χ2v) is 17.7. The van der Waals surface area contributed by atoms with Gasteiger partial charge in [0.1, 0.15) is 13.2 Å². The summed E-state index contributed by atoms with van der Waals surface area (Å²) >= 11 is 0. The summed E-state index contributed by atoms with van der Waals surface area (Å²) in [5, 5.41) is 0. The number of esters is 3. The highest BCUT2D eigenvalue weighted by molar-refractivity contribution is 5.71. The summed E-state index contributed by atoms with van der Waals surface area (Å²) < 4.78 is 16.7. The SMILES string of the molecule is CC/C=C\C/C=C\C/C=C\C/C=C\C/C=C\C/C=C\CCC(=O)O[C@H](COC(=O)CCC/C=C\C/C=C\C/C=C\C/C=C\C/C=C\CC)COC(=O)CCCCCCCCC/C=C\C/C=C\CCCCC. The lowest BCUT2D eigenvalue weighted by atomic mass is 10.1.